The fourth-order valence-corrected chi connectivity index (χ4v) is 4.82. The monoisotopic (exact) mass is 547 g/mol. The maximum absolute atomic E-state index is 13.6. The summed E-state index contributed by atoms with van der Waals surface area (Å²) in [4.78, 5) is 18.9. The number of likely N-dealkylation sites (tertiary alicyclic amines) is 1. The number of carbonyl (C=O) groups excluding carboxylic acids is 1. The second-order valence-corrected chi connectivity index (χ2v) is 9.71. The molecule has 208 valence electrons. The molecule has 39 heavy (non-hydrogen) atoms. The summed E-state index contributed by atoms with van der Waals surface area (Å²) in [6, 6.07) is 8.64. The van der Waals surface area contributed by atoms with E-state index in [4.69, 9.17) is 4.52 Å². The van der Waals surface area contributed by atoms with Gasteiger partial charge in [-0.1, -0.05) is 11.2 Å². The van der Waals surface area contributed by atoms with Crippen molar-refractivity contribution in [2.24, 2.45) is 0 Å². The molecule has 4 heterocycles. The molecule has 5 rings (SSSR count). The summed E-state index contributed by atoms with van der Waals surface area (Å²) in [6.45, 7) is 0.129. The molecule has 2 N–H and O–H groups in total. The first-order valence-electron chi connectivity index (χ1n) is 12.7. The molecule has 0 radical (unpaired) electrons. The van der Waals surface area contributed by atoms with Gasteiger partial charge in [-0.3, -0.25) is 4.79 Å². The van der Waals surface area contributed by atoms with Crippen LogP contribution in [0.1, 0.15) is 29.1 Å². The van der Waals surface area contributed by atoms with Crippen molar-refractivity contribution in [2.45, 2.75) is 44.7 Å². The zero-order chi connectivity index (χ0) is 27.6. The van der Waals surface area contributed by atoms with Gasteiger partial charge >= 0.3 is 6.18 Å². The van der Waals surface area contributed by atoms with Crippen molar-refractivity contribution in [3.8, 4) is 11.5 Å². The van der Waals surface area contributed by atoms with Gasteiger partial charge in [0.25, 0.3) is 5.91 Å². The van der Waals surface area contributed by atoms with Crippen LogP contribution in [0.15, 0.2) is 47.2 Å². The molecule has 0 spiro atoms. The third-order valence-corrected chi connectivity index (χ3v) is 6.81. The highest BCUT2D eigenvalue weighted by Crippen LogP contribution is 2.34. The lowest BCUT2D eigenvalue weighted by atomic mass is 10.0. The Morgan fingerprint density at radius 1 is 1.21 bits per heavy atom. The normalized spacial score (nSPS) is 15.2. The van der Waals surface area contributed by atoms with Crippen LogP contribution in [0.4, 0.5) is 23.2 Å². The number of alkyl halides is 4. The highest BCUT2D eigenvalue weighted by atomic mass is 19.4. The Morgan fingerprint density at radius 2 is 2.00 bits per heavy atom. The number of piperidine rings is 1. The van der Waals surface area contributed by atoms with Crippen LogP contribution in [-0.4, -0.2) is 69.1 Å². The summed E-state index contributed by atoms with van der Waals surface area (Å²) in [5, 5.41) is 10.7. The molecule has 9 nitrogen and oxygen atoms in total. The lowest BCUT2D eigenvalue weighted by molar-refractivity contribution is -0.139. The van der Waals surface area contributed by atoms with Crippen molar-refractivity contribution in [1.29, 1.82) is 0 Å². The first-order valence-corrected chi connectivity index (χ1v) is 12.7. The van der Waals surface area contributed by atoms with Crippen molar-refractivity contribution < 1.29 is 26.9 Å². The molecule has 0 saturated carbocycles. The number of nitrogens with one attached hydrogen (secondary N) is 2. The molecule has 0 unspecified atom stereocenters. The smallest absolute Gasteiger partial charge is 0.382 e. The van der Waals surface area contributed by atoms with Gasteiger partial charge in [0, 0.05) is 29.5 Å². The van der Waals surface area contributed by atoms with Crippen molar-refractivity contribution in [3.63, 3.8) is 0 Å². The number of hydrogen-bond donors (Lipinski definition) is 2. The van der Waals surface area contributed by atoms with Gasteiger partial charge < -0.3 is 29.2 Å². The van der Waals surface area contributed by atoms with Crippen LogP contribution in [0.2, 0.25) is 0 Å². The fraction of sp³-hybridized carbons (Fsp3) is 0.423. The first kappa shape index (κ1) is 26.7. The molecule has 1 fully saturated rings. The Bertz CT molecular complexity index is 1430. The van der Waals surface area contributed by atoms with Gasteiger partial charge in [0.15, 0.2) is 0 Å². The molecule has 1 aromatic carbocycles. The maximum atomic E-state index is 13.6. The van der Waals surface area contributed by atoms with Crippen LogP contribution in [-0.2, 0) is 19.6 Å². The first-order chi connectivity index (χ1) is 18.7. The Balaban J connectivity index is 1.38. The standard InChI is InChI=1S/C26H29F4N7O2/c1-35-9-6-18(7-10-35)32-20-3-2-4-21-19(20)13-22(37(21)16-26(28,29)30)24-33-23(39-34-24)14-31-25(38)17-5-11-36(15-17)12-8-27/h2-5,11,13,15,18,32H,6-10,12,14,16H2,1H3,(H,31,38). The molecule has 3 aromatic heterocycles. The summed E-state index contributed by atoms with van der Waals surface area (Å²) in [6.07, 6.45) is 0.500. The van der Waals surface area contributed by atoms with E-state index in [9.17, 15) is 22.4 Å². The number of halogens is 4. The van der Waals surface area contributed by atoms with E-state index in [1.807, 2.05) is 6.07 Å². The lowest BCUT2D eigenvalue weighted by Gasteiger charge is -2.30. The number of carbonyl (C=O) groups is 1. The fourth-order valence-electron chi connectivity index (χ4n) is 4.82. The van der Waals surface area contributed by atoms with Gasteiger partial charge in [0.05, 0.1) is 29.9 Å². The highest BCUT2D eigenvalue weighted by Gasteiger charge is 2.31. The Morgan fingerprint density at radius 3 is 2.74 bits per heavy atom. The molecule has 0 aliphatic carbocycles. The number of rotatable bonds is 9. The predicted octanol–water partition coefficient (Wildman–Crippen LogP) is 4.46. The van der Waals surface area contributed by atoms with E-state index in [1.165, 1.54) is 6.20 Å². The van der Waals surface area contributed by atoms with Gasteiger partial charge in [0.2, 0.25) is 11.7 Å². The van der Waals surface area contributed by atoms with E-state index in [0.29, 0.717) is 16.5 Å². The zero-order valence-corrected chi connectivity index (χ0v) is 21.3. The molecule has 1 aliphatic heterocycles. The second kappa shape index (κ2) is 11.1. The predicted molar refractivity (Wildman–Crippen MR) is 137 cm³/mol. The number of amides is 1. The molecule has 0 bridgehead atoms. The molecule has 1 amide bonds. The van der Waals surface area contributed by atoms with Crippen LogP contribution < -0.4 is 10.6 Å². The molecule has 13 heteroatoms. The van der Waals surface area contributed by atoms with Gasteiger partial charge in [-0.05, 0) is 57.2 Å². The number of fused-ring (bicyclic) bond motifs is 1. The summed E-state index contributed by atoms with van der Waals surface area (Å²) in [5.74, 6) is -0.405. The number of nitrogens with zero attached hydrogens (tertiary/aromatic N) is 5. The van der Waals surface area contributed by atoms with Crippen molar-refractivity contribution in [3.05, 3.63) is 54.2 Å². The minimum atomic E-state index is -4.48. The van der Waals surface area contributed by atoms with Crippen LogP contribution in [0.5, 0.6) is 0 Å². The average molecular weight is 548 g/mol. The summed E-state index contributed by atoms with van der Waals surface area (Å²) >= 11 is 0. The quantitative estimate of drug-likeness (QED) is 0.301. The van der Waals surface area contributed by atoms with Crippen LogP contribution in [0.3, 0.4) is 0 Å². The molecule has 0 atom stereocenters. The molecular weight excluding hydrogens is 518 g/mol. The molecular formula is C26H29F4N7O2. The van der Waals surface area contributed by atoms with Crippen molar-refractivity contribution >= 4 is 22.5 Å². The molecule has 4 aromatic rings. The van der Waals surface area contributed by atoms with Gasteiger partial charge in [0.1, 0.15) is 13.2 Å². The third kappa shape index (κ3) is 6.24. The SMILES string of the molecule is CN1CCC(Nc2cccc3c2cc(-c2noc(CNC(=O)c4ccn(CCF)c4)n2)n3CC(F)(F)F)CC1. The second-order valence-electron chi connectivity index (χ2n) is 9.71. The third-order valence-electron chi connectivity index (χ3n) is 6.81. The van der Waals surface area contributed by atoms with E-state index in [-0.39, 0.29) is 36.5 Å². The van der Waals surface area contributed by atoms with E-state index in [1.54, 1.807) is 35.0 Å². The van der Waals surface area contributed by atoms with Crippen LogP contribution in [0.25, 0.3) is 22.4 Å². The average Bonchev–Trinajstić information content (AvgIpc) is 3.63. The summed E-state index contributed by atoms with van der Waals surface area (Å²) in [7, 11) is 2.07. The largest absolute Gasteiger partial charge is 0.406 e. The van der Waals surface area contributed by atoms with Gasteiger partial charge in [-0.15, -0.1) is 0 Å². The number of anilines is 1. The van der Waals surface area contributed by atoms with Crippen LogP contribution in [0, 0.1) is 0 Å². The Hall–Kier alpha value is -3.87. The summed E-state index contributed by atoms with van der Waals surface area (Å²) < 4.78 is 61.3. The number of benzene rings is 1. The summed E-state index contributed by atoms with van der Waals surface area (Å²) in [5.41, 5.74) is 1.64. The molecule has 1 aliphatic rings. The highest BCUT2D eigenvalue weighted by molar-refractivity contribution is 5.96. The van der Waals surface area contributed by atoms with Gasteiger partial charge in [-0.25, -0.2) is 4.39 Å². The van der Waals surface area contributed by atoms with Crippen molar-refractivity contribution in [2.75, 3.05) is 32.1 Å². The number of aromatic nitrogens is 4. The maximum Gasteiger partial charge on any atom is 0.406 e. The topological polar surface area (TPSA) is 93.2 Å². The van der Waals surface area contributed by atoms with Gasteiger partial charge in [-0.2, -0.15) is 18.2 Å². The van der Waals surface area contributed by atoms with E-state index in [2.05, 4.69) is 32.7 Å². The van der Waals surface area contributed by atoms with E-state index < -0.39 is 25.3 Å². The zero-order valence-electron chi connectivity index (χ0n) is 21.3. The number of aryl methyl sites for hydroxylation is 1. The Kier molecular flexibility index (Phi) is 7.60. The molecule has 1 saturated heterocycles. The lowest BCUT2D eigenvalue weighted by Crippen LogP contribution is -2.36. The van der Waals surface area contributed by atoms with Crippen LogP contribution >= 0.6 is 0 Å². The number of hydrogen-bond acceptors (Lipinski definition) is 6. The minimum absolute atomic E-state index is 0.0148. The van der Waals surface area contributed by atoms with Crippen molar-refractivity contribution in [1.82, 2.24) is 29.5 Å². The van der Waals surface area contributed by atoms with E-state index >= 15 is 0 Å². The minimum Gasteiger partial charge on any atom is -0.382 e. The Labute approximate surface area is 221 Å². The van der Waals surface area contributed by atoms with E-state index in [0.717, 1.165) is 36.2 Å².